The third kappa shape index (κ3) is 28.8. The summed E-state index contributed by atoms with van der Waals surface area (Å²) in [5.74, 6) is -0.650. The van der Waals surface area contributed by atoms with Crippen LogP contribution in [0.1, 0.15) is 150 Å². The second kappa shape index (κ2) is 26.5. The first-order valence-electron chi connectivity index (χ1n) is 12.0. The Hall–Kier alpha value is 0.470. The van der Waals surface area contributed by atoms with Crippen LogP contribution in [0, 0.1) is 0 Å². The first kappa shape index (κ1) is 29.7. The van der Waals surface area contributed by atoms with Gasteiger partial charge in [0.25, 0.3) is 0 Å². The summed E-state index contributed by atoms with van der Waals surface area (Å²) in [7, 11) is 0. The predicted octanol–water partition coefficient (Wildman–Crippen LogP) is 5.79. The number of unbranched alkanes of at least 4 members (excludes halogenated alkanes) is 20. The van der Waals surface area contributed by atoms with E-state index in [9.17, 15) is 4.79 Å². The normalized spacial score (nSPS) is 10.7. The number of aliphatic carboxylic acids is 1. The van der Waals surface area contributed by atoms with E-state index in [0.717, 1.165) is 12.8 Å². The van der Waals surface area contributed by atoms with Crippen LogP contribution in [-0.4, -0.2) is 11.1 Å². The van der Waals surface area contributed by atoms with E-state index in [1.54, 1.807) is 0 Å². The molecule has 0 rings (SSSR count). The van der Waals surface area contributed by atoms with Gasteiger partial charge in [-0.15, -0.1) is 0 Å². The predicted molar refractivity (Wildman–Crippen MR) is 116 cm³/mol. The zero-order valence-electron chi connectivity index (χ0n) is 19.9. The van der Waals surface area contributed by atoms with Gasteiger partial charge in [0.05, 0.1) is 0 Å². The molecule has 1 N–H and O–H groups in total. The van der Waals surface area contributed by atoms with Crippen LogP contribution in [0.4, 0.5) is 0 Å². The van der Waals surface area contributed by atoms with Gasteiger partial charge in [-0.05, 0) is 6.42 Å². The molecule has 3 heteroatoms. The summed E-state index contributed by atoms with van der Waals surface area (Å²) in [6.07, 6.45) is 29.1. The first-order chi connectivity index (χ1) is 12.8. The van der Waals surface area contributed by atoms with Gasteiger partial charge in [0, 0.05) is 6.42 Å². The summed E-state index contributed by atoms with van der Waals surface area (Å²) in [6.45, 7) is 2.29. The average Bonchev–Trinajstić information content (AvgIpc) is 2.62. The van der Waals surface area contributed by atoms with E-state index in [2.05, 4.69) is 6.92 Å². The molecule has 0 unspecified atom stereocenters. The van der Waals surface area contributed by atoms with Crippen LogP contribution in [0.2, 0.25) is 0 Å². The van der Waals surface area contributed by atoms with Gasteiger partial charge < -0.3 is 6.53 Å². The molecule has 0 heterocycles. The van der Waals surface area contributed by atoms with Crippen LogP contribution in [0.25, 0.3) is 0 Å². The minimum Gasteiger partial charge on any atom is -1.00 e. The number of carboxylic acids is 1. The van der Waals surface area contributed by atoms with Crippen molar-refractivity contribution >= 4 is 5.97 Å². The molecule has 158 valence electrons. The van der Waals surface area contributed by atoms with Gasteiger partial charge in [0.1, 0.15) is 0 Å². The van der Waals surface area contributed by atoms with Crippen molar-refractivity contribution in [2.24, 2.45) is 0 Å². The summed E-state index contributed by atoms with van der Waals surface area (Å²) < 4.78 is 0. The van der Waals surface area contributed by atoms with Gasteiger partial charge in [-0.3, -0.25) is 4.79 Å². The fourth-order valence-corrected chi connectivity index (χ4v) is 3.71. The van der Waals surface area contributed by atoms with Crippen LogP contribution in [0.5, 0.6) is 0 Å². The minimum absolute atomic E-state index is 0. The first-order valence-corrected chi connectivity index (χ1v) is 12.0. The molecule has 0 spiro atoms. The molecule has 0 aliphatic rings. The van der Waals surface area contributed by atoms with Gasteiger partial charge in [-0.25, -0.2) is 0 Å². The molecule has 0 fully saturated rings. The van der Waals surface area contributed by atoms with Crippen LogP contribution in [-0.2, 0) is 4.79 Å². The Bertz CT molecular complexity index is 288. The summed E-state index contributed by atoms with van der Waals surface area (Å²) in [5.41, 5.74) is 0. The zero-order valence-corrected chi connectivity index (χ0v) is 20.9. The van der Waals surface area contributed by atoms with Gasteiger partial charge >= 0.3 is 35.5 Å². The van der Waals surface area contributed by atoms with Gasteiger partial charge in [0.15, 0.2) is 0 Å². The SMILES string of the molecule is CCCCCCCCCCCCCCCCCCCCCCCC(=O)O.[H-].[Na+]. The molecule has 0 aromatic carbocycles. The van der Waals surface area contributed by atoms with E-state index in [-0.39, 0.29) is 31.0 Å². The molecule has 0 aromatic rings. The van der Waals surface area contributed by atoms with Gasteiger partial charge in [-0.2, -0.15) is 0 Å². The summed E-state index contributed by atoms with van der Waals surface area (Å²) in [6, 6.07) is 0. The van der Waals surface area contributed by atoms with Crippen molar-refractivity contribution in [2.45, 2.75) is 148 Å². The van der Waals surface area contributed by atoms with E-state index >= 15 is 0 Å². The summed E-state index contributed by atoms with van der Waals surface area (Å²) >= 11 is 0. The molecule has 0 aliphatic carbocycles. The van der Waals surface area contributed by atoms with Crippen LogP contribution >= 0.6 is 0 Å². The van der Waals surface area contributed by atoms with Crippen LogP contribution < -0.4 is 29.6 Å². The van der Waals surface area contributed by atoms with Crippen molar-refractivity contribution in [1.29, 1.82) is 0 Å². The van der Waals surface area contributed by atoms with E-state index in [4.69, 9.17) is 5.11 Å². The maximum atomic E-state index is 10.4. The smallest absolute Gasteiger partial charge is 1.00 e. The van der Waals surface area contributed by atoms with Crippen LogP contribution in [0.3, 0.4) is 0 Å². The number of hydrogen-bond acceptors (Lipinski definition) is 1. The molecule has 0 bridgehead atoms. The summed E-state index contributed by atoms with van der Waals surface area (Å²) in [4.78, 5) is 10.4. The molecular formula is C24H49NaO2. The molecule has 27 heavy (non-hydrogen) atoms. The number of carbonyl (C=O) groups is 1. The Labute approximate surface area is 194 Å². The molecule has 0 radical (unpaired) electrons. The molecular weight excluding hydrogens is 343 g/mol. The number of rotatable bonds is 22. The van der Waals surface area contributed by atoms with E-state index in [1.807, 2.05) is 0 Å². The maximum Gasteiger partial charge on any atom is 1.00 e. The van der Waals surface area contributed by atoms with Gasteiger partial charge in [0.2, 0.25) is 0 Å². The quantitative estimate of drug-likeness (QED) is 0.187. The third-order valence-corrected chi connectivity index (χ3v) is 5.49. The Kier molecular flexibility index (Phi) is 29.1. The van der Waals surface area contributed by atoms with Crippen molar-refractivity contribution in [3.8, 4) is 0 Å². The van der Waals surface area contributed by atoms with E-state index < -0.39 is 5.97 Å². The fourth-order valence-electron chi connectivity index (χ4n) is 3.71. The largest absolute Gasteiger partial charge is 1.00 e. The third-order valence-electron chi connectivity index (χ3n) is 5.49. The van der Waals surface area contributed by atoms with Crippen molar-refractivity contribution in [2.75, 3.05) is 0 Å². The van der Waals surface area contributed by atoms with Crippen molar-refractivity contribution in [3.63, 3.8) is 0 Å². The Morgan fingerprint density at radius 3 is 0.963 bits per heavy atom. The van der Waals surface area contributed by atoms with Crippen molar-refractivity contribution < 1.29 is 40.9 Å². The topological polar surface area (TPSA) is 37.3 Å². The maximum absolute atomic E-state index is 10.4. The second-order valence-electron chi connectivity index (χ2n) is 8.21. The second-order valence-corrected chi connectivity index (χ2v) is 8.21. The summed E-state index contributed by atoms with van der Waals surface area (Å²) in [5, 5.41) is 8.57. The molecule has 0 saturated carbocycles. The van der Waals surface area contributed by atoms with Crippen molar-refractivity contribution in [1.82, 2.24) is 0 Å². The minimum atomic E-state index is -0.650. The Morgan fingerprint density at radius 2 is 0.741 bits per heavy atom. The monoisotopic (exact) mass is 392 g/mol. The molecule has 0 saturated heterocycles. The van der Waals surface area contributed by atoms with Gasteiger partial charge in [-0.1, -0.05) is 135 Å². The standard InChI is InChI=1S/C24H48O2.Na.H/c1-2-3-4-5-6-7-8-9-10-11-12-13-14-15-16-17-18-19-20-21-22-23-24(25)26;;/h2-23H2,1H3,(H,25,26);;/q;+1;-1. The Balaban J connectivity index is -0.00000312. The van der Waals surface area contributed by atoms with E-state index in [1.165, 1.54) is 122 Å². The molecule has 0 aromatic heterocycles. The van der Waals surface area contributed by atoms with E-state index in [0.29, 0.717) is 6.42 Å². The molecule has 0 atom stereocenters. The zero-order chi connectivity index (χ0) is 19.1. The Morgan fingerprint density at radius 1 is 0.519 bits per heavy atom. The fraction of sp³-hybridized carbons (Fsp3) is 0.958. The average molecular weight is 393 g/mol. The molecule has 0 amide bonds. The van der Waals surface area contributed by atoms with Crippen LogP contribution in [0.15, 0.2) is 0 Å². The van der Waals surface area contributed by atoms with Crippen molar-refractivity contribution in [3.05, 3.63) is 0 Å². The molecule has 0 aliphatic heterocycles. The number of hydrogen-bond donors (Lipinski definition) is 1. The number of carboxylic acid groups (broad SMARTS) is 1. The molecule has 2 nitrogen and oxygen atoms in total.